The van der Waals surface area contributed by atoms with Gasteiger partial charge in [0.15, 0.2) is 0 Å². The number of rotatable bonds is 11. The van der Waals surface area contributed by atoms with E-state index < -0.39 is 15.2 Å². The predicted molar refractivity (Wildman–Crippen MR) is 273 cm³/mol. The minimum absolute atomic E-state index is 0. The molecule has 0 aromatic heterocycles. The molecule has 332 valence electrons. The van der Waals surface area contributed by atoms with Crippen molar-refractivity contribution in [1.29, 1.82) is 0 Å². The average Bonchev–Trinajstić information content (AvgIpc) is 3.37. The van der Waals surface area contributed by atoms with Gasteiger partial charge in [0.2, 0.25) is 0 Å². The van der Waals surface area contributed by atoms with Gasteiger partial charge in [0.05, 0.1) is 5.69 Å². The number of nitrogens with zero attached hydrogens (tertiary/aromatic N) is 1. The predicted octanol–water partition coefficient (Wildman–Crippen LogP) is 15.1. The largest absolute Gasteiger partial charge is 2.00 e. The quantitative estimate of drug-likeness (QED) is 0.0233. The van der Waals surface area contributed by atoms with E-state index in [2.05, 4.69) is 249 Å². The summed E-state index contributed by atoms with van der Waals surface area (Å²) in [5, 5.41) is 3.94. The Kier molecular flexibility index (Phi) is 18.9. The van der Waals surface area contributed by atoms with Crippen molar-refractivity contribution in [2.45, 2.75) is 0 Å². The van der Waals surface area contributed by atoms with Crippen molar-refractivity contribution in [3.8, 4) is 0 Å². The van der Waals surface area contributed by atoms with Crippen LogP contribution < -0.4 is 15.9 Å². The van der Waals surface area contributed by atoms with Crippen LogP contribution in [-0.4, -0.2) is 13.5 Å². The Morgan fingerprint density at radius 3 is 1.19 bits per heavy atom. The summed E-state index contributed by atoms with van der Waals surface area (Å²) in [6.45, 7) is 0. The summed E-state index contributed by atoms with van der Waals surface area (Å²) >= 11 is 0. The molecule has 0 atom stereocenters. The second-order valence-electron chi connectivity index (χ2n) is 14.7. The number of benzene rings is 9. The van der Waals surface area contributed by atoms with Crippen LogP contribution in [-0.2, 0) is 20.4 Å². The Hall–Kier alpha value is -6.99. The van der Waals surface area contributed by atoms with Crippen molar-refractivity contribution >= 4 is 59.7 Å². The molecular formula is C59H45BF4NPPd. The van der Waals surface area contributed by atoms with Gasteiger partial charge in [-0.25, -0.2) is 0 Å². The molecule has 0 saturated carbocycles. The monoisotopic (exact) mass is 991 g/mol. The topological polar surface area (TPSA) is 12.4 Å². The molecule has 1 nitrogen and oxygen atoms in total. The molecule has 0 saturated heterocycles. The summed E-state index contributed by atoms with van der Waals surface area (Å²) in [6.07, 6.45) is 5.72. The summed E-state index contributed by atoms with van der Waals surface area (Å²) in [5.41, 5.74) is 11.3. The van der Waals surface area contributed by atoms with Gasteiger partial charge in [-0.2, -0.15) is 0 Å². The second kappa shape index (κ2) is 25.6. The summed E-state index contributed by atoms with van der Waals surface area (Å²) in [7, 11) is -6.66. The van der Waals surface area contributed by atoms with Crippen LogP contribution in [0, 0.1) is 6.08 Å². The van der Waals surface area contributed by atoms with E-state index in [4.69, 9.17) is 4.99 Å². The molecule has 0 aliphatic rings. The number of hydrogen-bond donors (Lipinski definition) is 0. The second-order valence-corrected chi connectivity index (χ2v) is 16.9. The van der Waals surface area contributed by atoms with E-state index in [1.807, 2.05) is 30.5 Å². The van der Waals surface area contributed by atoms with Crippen LogP contribution in [0.1, 0.15) is 33.4 Å². The molecule has 0 N–H and O–H groups in total. The van der Waals surface area contributed by atoms with Crippen LogP contribution in [0.3, 0.4) is 0 Å². The normalized spacial score (nSPS) is 11.0. The van der Waals surface area contributed by atoms with E-state index in [0.29, 0.717) is 0 Å². The zero-order valence-electron chi connectivity index (χ0n) is 36.3. The molecule has 0 unspecified atom stereocenters. The Morgan fingerprint density at radius 2 is 0.746 bits per heavy atom. The number of aliphatic imine (C=N–C) groups is 1. The Morgan fingerprint density at radius 1 is 0.403 bits per heavy atom. The van der Waals surface area contributed by atoms with Crippen molar-refractivity contribution in [3.63, 3.8) is 0 Å². The Labute approximate surface area is 406 Å². The zero-order valence-corrected chi connectivity index (χ0v) is 38.7. The summed E-state index contributed by atoms with van der Waals surface area (Å²) < 4.78 is 39.0. The maximum absolute atomic E-state index is 9.75. The molecule has 9 rings (SSSR count). The maximum Gasteiger partial charge on any atom is 2.00 e. The Bertz CT molecular complexity index is 2840. The van der Waals surface area contributed by atoms with Gasteiger partial charge in [0, 0.05) is 11.5 Å². The SMILES string of the molecule is C(=Nc1ccccc1P(c1ccccc1)c1ccccc1)c1ccccc1.F[B-](F)(F)F.[C-](=C(C(=C(c1ccccc1)c1ccccc1)c1ccccc1)c1ccccc1)c1ccccc1.[Pd+2]. The van der Waals surface area contributed by atoms with E-state index in [1.54, 1.807) is 0 Å². The van der Waals surface area contributed by atoms with E-state index in [0.717, 1.165) is 39.1 Å². The van der Waals surface area contributed by atoms with Gasteiger partial charge in [-0.05, 0) is 46.9 Å². The van der Waals surface area contributed by atoms with Gasteiger partial charge in [0.25, 0.3) is 0 Å². The van der Waals surface area contributed by atoms with Crippen LogP contribution >= 0.6 is 7.92 Å². The molecule has 8 heteroatoms. The molecule has 0 spiro atoms. The average molecular weight is 992 g/mol. The third-order valence-electron chi connectivity index (χ3n) is 10.1. The van der Waals surface area contributed by atoms with Crippen molar-refractivity contribution < 1.29 is 37.7 Å². The standard InChI is InChI=1S/C34H25.C25H20NP.BF4.Pd/c1-6-16-27(17-7-1)26-32(28-18-8-2-9-19-28)34(31-24-14-5-15-25-31)33(29-20-10-3-11-21-29)30-22-12-4-13-23-30;1-4-12-21(13-5-1)20-26-24-18-10-11-19-25(24)27(22-14-6-2-7-15-22)23-16-8-3-9-17-23;2-1(3,4)5;/h1-25H;1-20H;;/q-1;;-1;+2. The van der Waals surface area contributed by atoms with Crippen LogP contribution in [0.5, 0.6) is 0 Å². The zero-order chi connectivity index (χ0) is 45.8. The van der Waals surface area contributed by atoms with Gasteiger partial charge in [0.1, 0.15) is 0 Å². The smallest absolute Gasteiger partial charge is 0.418 e. The molecule has 0 radical (unpaired) electrons. The van der Waals surface area contributed by atoms with Crippen molar-refractivity contribution in [1.82, 2.24) is 0 Å². The van der Waals surface area contributed by atoms with Gasteiger partial charge >= 0.3 is 27.7 Å². The molecule has 67 heavy (non-hydrogen) atoms. The van der Waals surface area contributed by atoms with Crippen molar-refractivity contribution in [2.24, 2.45) is 4.99 Å². The molecule has 9 aromatic rings. The summed E-state index contributed by atoms with van der Waals surface area (Å²) in [6, 6.07) is 93.1. The van der Waals surface area contributed by atoms with Crippen LogP contribution in [0.2, 0.25) is 0 Å². The first-order valence-corrected chi connectivity index (χ1v) is 22.8. The fourth-order valence-corrected chi connectivity index (χ4v) is 9.65. The van der Waals surface area contributed by atoms with Gasteiger partial charge in [-0.3, -0.25) is 4.99 Å². The molecule has 0 fully saturated rings. The summed E-state index contributed by atoms with van der Waals surface area (Å²) in [5.74, 6) is 0. The molecule has 0 heterocycles. The number of allylic oxidation sites excluding steroid dienone is 2. The Balaban J connectivity index is 0.000000202. The third-order valence-corrected chi connectivity index (χ3v) is 12.6. The molecular weight excluding hydrogens is 947 g/mol. The first kappa shape index (κ1) is 49.4. The van der Waals surface area contributed by atoms with E-state index >= 15 is 0 Å². The molecule has 0 aliphatic carbocycles. The fourth-order valence-electron chi connectivity index (χ4n) is 7.26. The number of hydrogen-bond acceptors (Lipinski definition) is 1. The van der Waals surface area contributed by atoms with Crippen molar-refractivity contribution in [3.05, 3.63) is 306 Å². The van der Waals surface area contributed by atoms with Crippen LogP contribution in [0.25, 0.3) is 16.7 Å². The van der Waals surface area contributed by atoms with Gasteiger partial charge < -0.3 is 17.3 Å². The van der Waals surface area contributed by atoms with E-state index in [-0.39, 0.29) is 20.4 Å². The number of halogens is 4. The minimum Gasteiger partial charge on any atom is -0.418 e. The van der Waals surface area contributed by atoms with E-state index in [1.165, 1.54) is 32.6 Å². The fraction of sp³-hybridized carbons (Fsp3) is 0. The van der Waals surface area contributed by atoms with Gasteiger partial charge in [-0.15, -0.1) is 29.3 Å². The molecule has 0 aliphatic heterocycles. The molecule has 0 amide bonds. The molecule has 0 bridgehead atoms. The van der Waals surface area contributed by atoms with E-state index in [9.17, 15) is 17.3 Å². The van der Waals surface area contributed by atoms with Crippen molar-refractivity contribution in [2.75, 3.05) is 0 Å². The maximum atomic E-state index is 9.75. The van der Waals surface area contributed by atoms with Crippen LogP contribution in [0.4, 0.5) is 23.0 Å². The van der Waals surface area contributed by atoms with Gasteiger partial charge in [-0.1, -0.05) is 265 Å². The first-order chi connectivity index (χ1) is 32.3. The number of para-hydroxylation sites is 1. The summed E-state index contributed by atoms with van der Waals surface area (Å²) in [4.78, 5) is 4.84. The van der Waals surface area contributed by atoms with Crippen LogP contribution in [0.15, 0.2) is 272 Å². The molecule has 9 aromatic carbocycles. The minimum atomic E-state index is -6.00. The third kappa shape index (κ3) is 15.0. The first-order valence-electron chi connectivity index (χ1n) is 21.4.